The van der Waals surface area contributed by atoms with Gasteiger partial charge in [0.15, 0.2) is 10.9 Å². The van der Waals surface area contributed by atoms with Crippen molar-refractivity contribution in [2.75, 3.05) is 18.0 Å². The van der Waals surface area contributed by atoms with Crippen LogP contribution in [0.4, 0.5) is 9.52 Å². The second-order valence-corrected chi connectivity index (χ2v) is 12.8. The highest BCUT2D eigenvalue weighted by Crippen LogP contribution is 2.50. The zero-order valence-electron chi connectivity index (χ0n) is 20.8. The molecular weight excluding hydrogens is 560 g/mol. The van der Waals surface area contributed by atoms with E-state index in [1.807, 2.05) is 18.2 Å². The Morgan fingerprint density at radius 2 is 1.90 bits per heavy atom. The van der Waals surface area contributed by atoms with Crippen LogP contribution >= 0.6 is 34.5 Å². The second kappa shape index (κ2) is 9.32. The fraction of sp³-hybridized carbons (Fsp3) is 0.345. The van der Waals surface area contributed by atoms with Crippen LogP contribution in [0.25, 0.3) is 27.6 Å². The molecule has 0 unspecified atom stereocenters. The van der Waals surface area contributed by atoms with Gasteiger partial charge in [0.25, 0.3) is 0 Å². The number of nitrogens with zero attached hydrogens (tertiary/aromatic N) is 3. The summed E-state index contributed by atoms with van der Waals surface area (Å²) >= 11 is 14.4. The van der Waals surface area contributed by atoms with Crippen molar-refractivity contribution in [3.63, 3.8) is 0 Å². The van der Waals surface area contributed by atoms with Gasteiger partial charge in [-0.2, -0.15) is 0 Å². The van der Waals surface area contributed by atoms with E-state index in [1.54, 1.807) is 0 Å². The minimum absolute atomic E-state index is 0.0560. The molecule has 2 aliphatic carbocycles. The molecule has 1 saturated heterocycles. The number of aromatic carboxylic acids is 1. The van der Waals surface area contributed by atoms with Gasteiger partial charge in [-0.15, -0.1) is 0 Å². The molecule has 3 heterocycles. The van der Waals surface area contributed by atoms with E-state index in [0.717, 1.165) is 74.1 Å². The van der Waals surface area contributed by atoms with Crippen molar-refractivity contribution < 1.29 is 18.8 Å². The number of aromatic nitrogens is 2. The average molecular weight is 585 g/mol. The number of benzene rings is 2. The van der Waals surface area contributed by atoms with Crippen molar-refractivity contribution in [3.05, 3.63) is 68.7 Å². The highest BCUT2D eigenvalue weighted by Gasteiger charge is 2.45. The zero-order chi connectivity index (χ0) is 26.9. The predicted molar refractivity (Wildman–Crippen MR) is 152 cm³/mol. The van der Waals surface area contributed by atoms with Gasteiger partial charge >= 0.3 is 5.97 Å². The maximum absolute atomic E-state index is 14.4. The molecule has 10 heteroatoms. The molecule has 2 aromatic carbocycles. The van der Waals surface area contributed by atoms with Gasteiger partial charge in [-0.25, -0.2) is 14.2 Å². The summed E-state index contributed by atoms with van der Waals surface area (Å²) in [5, 5.41) is 15.5. The summed E-state index contributed by atoms with van der Waals surface area (Å²) in [5.41, 5.74) is 4.20. The third-order valence-corrected chi connectivity index (χ3v) is 9.91. The van der Waals surface area contributed by atoms with Gasteiger partial charge in [0, 0.05) is 35.5 Å². The fourth-order valence-electron chi connectivity index (χ4n) is 5.89. The van der Waals surface area contributed by atoms with E-state index in [2.05, 4.69) is 21.1 Å². The third kappa shape index (κ3) is 4.42. The molecule has 3 aliphatic rings. The van der Waals surface area contributed by atoms with E-state index in [0.29, 0.717) is 31.9 Å². The predicted octanol–water partition coefficient (Wildman–Crippen LogP) is 8.44. The molecule has 4 aromatic rings. The number of anilines is 1. The van der Waals surface area contributed by atoms with Crippen molar-refractivity contribution in [1.82, 2.24) is 10.1 Å². The van der Waals surface area contributed by atoms with Crippen LogP contribution in [0.5, 0.6) is 0 Å². The number of carboxylic acid groups (broad SMARTS) is 1. The lowest BCUT2D eigenvalue weighted by molar-refractivity contribution is 0.0696. The SMILES string of the molecule is O=C(O)c1cc(F)c2nc(N3CC4(CCC(=Cc5c(-c6c(Cl)cccc6Cl)noc5C5CC5)CC4)C3)sc2c1. The number of thiazole rings is 1. The van der Waals surface area contributed by atoms with Gasteiger partial charge in [0.2, 0.25) is 0 Å². The number of hydrogen-bond acceptors (Lipinski definition) is 6. The Hall–Kier alpha value is -2.94. The summed E-state index contributed by atoms with van der Waals surface area (Å²) in [5.74, 6) is -0.401. The maximum atomic E-state index is 14.4. The normalized spacial score (nSPS) is 18.5. The number of rotatable bonds is 5. The van der Waals surface area contributed by atoms with Crippen molar-refractivity contribution in [1.29, 1.82) is 0 Å². The molecule has 0 bridgehead atoms. The van der Waals surface area contributed by atoms with Crippen LogP contribution in [-0.2, 0) is 0 Å². The Morgan fingerprint density at radius 1 is 1.18 bits per heavy atom. The molecule has 6 nitrogen and oxygen atoms in total. The molecule has 3 fully saturated rings. The summed E-state index contributed by atoms with van der Waals surface area (Å²) < 4.78 is 20.8. The van der Waals surface area contributed by atoms with Crippen molar-refractivity contribution in [2.24, 2.45) is 5.41 Å². The van der Waals surface area contributed by atoms with Crippen molar-refractivity contribution in [3.8, 4) is 11.3 Å². The Bertz CT molecular complexity index is 1640. The summed E-state index contributed by atoms with van der Waals surface area (Å²) in [4.78, 5) is 18.0. The number of carboxylic acids is 1. The zero-order valence-corrected chi connectivity index (χ0v) is 23.2. The first kappa shape index (κ1) is 25.1. The summed E-state index contributed by atoms with van der Waals surface area (Å²) in [6.45, 7) is 1.74. The van der Waals surface area contributed by atoms with Gasteiger partial charge in [0.1, 0.15) is 17.0 Å². The number of fused-ring (bicyclic) bond motifs is 1. The number of carbonyl (C=O) groups is 1. The Morgan fingerprint density at radius 3 is 2.56 bits per heavy atom. The molecule has 1 aliphatic heterocycles. The van der Waals surface area contributed by atoms with Gasteiger partial charge in [-0.3, -0.25) is 0 Å². The lowest BCUT2D eigenvalue weighted by Gasteiger charge is -2.52. The molecule has 2 aromatic heterocycles. The number of hydrogen-bond donors (Lipinski definition) is 1. The first-order valence-corrected chi connectivity index (χ1v) is 14.6. The van der Waals surface area contributed by atoms with Crippen LogP contribution in [0.1, 0.15) is 66.1 Å². The van der Waals surface area contributed by atoms with E-state index in [1.165, 1.54) is 23.0 Å². The van der Waals surface area contributed by atoms with Crippen LogP contribution in [0.3, 0.4) is 0 Å². The van der Waals surface area contributed by atoms with E-state index < -0.39 is 11.8 Å². The van der Waals surface area contributed by atoms with Crippen LogP contribution in [0.2, 0.25) is 10.0 Å². The quantitative estimate of drug-likeness (QED) is 0.254. The smallest absolute Gasteiger partial charge is 0.335 e. The van der Waals surface area contributed by atoms with Gasteiger partial charge in [0.05, 0.1) is 20.3 Å². The lowest BCUT2D eigenvalue weighted by Crippen LogP contribution is -2.57. The molecule has 0 amide bonds. The topological polar surface area (TPSA) is 79.5 Å². The Labute approximate surface area is 238 Å². The fourth-order valence-corrected chi connectivity index (χ4v) is 7.49. The number of allylic oxidation sites excluding steroid dienone is 1. The van der Waals surface area contributed by atoms with Crippen LogP contribution in [0.15, 0.2) is 40.4 Å². The van der Waals surface area contributed by atoms with E-state index in [-0.39, 0.29) is 16.5 Å². The standard InChI is InChI=1S/C29H24Cl2FN3O3S/c30-19-2-1-3-20(31)23(19)24-18(26(38-34-24)16-4-5-16)10-15-6-8-29(9-7-15)13-35(14-29)28-33-25-21(32)11-17(27(36)37)12-22(25)39-28/h1-3,10-12,16H,4-9,13-14H2,(H,36,37). The van der Waals surface area contributed by atoms with E-state index in [4.69, 9.17) is 27.7 Å². The first-order chi connectivity index (χ1) is 18.8. The minimum Gasteiger partial charge on any atom is -0.478 e. The molecule has 2 saturated carbocycles. The molecule has 0 radical (unpaired) electrons. The molecule has 1 N–H and O–H groups in total. The second-order valence-electron chi connectivity index (χ2n) is 10.9. The molecule has 0 atom stereocenters. The minimum atomic E-state index is -1.14. The molecule has 39 heavy (non-hydrogen) atoms. The molecule has 1 spiro atoms. The highest BCUT2D eigenvalue weighted by molar-refractivity contribution is 7.22. The Kier molecular flexibility index (Phi) is 5.99. The largest absolute Gasteiger partial charge is 0.478 e. The van der Waals surface area contributed by atoms with Crippen LogP contribution < -0.4 is 4.90 Å². The molecule has 200 valence electrons. The molecule has 7 rings (SSSR count). The Balaban J connectivity index is 1.09. The number of halogens is 3. The average Bonchev–Trinajstić information content (AvgIpc) is 3.51. The summed E-state index contributed by atoms with van der Waals surface area (Å²) in [6.07, 6.45) is 8.54. The molecular formula is C29H24Cl2FN3O3S. The van der Waals surface area contributed by atoms with Crippen molar-refractivity contribution in [2.45, 2.75) is 44.4 Å². The van der Waals surface area contributed by atoms with E-state index >= 15 is 0 Å². The van der Waals surface area contributed by atoms with E-state index in [9.17, 15) is 14.3 Å². The van der Waals surface area contributed by atoms with Gasteiger partial charge < -0.3 is 14.5 Å². The van der Waals surface area contributed by atoms with Crippen LogP contribution in [-0.4, -0.2) is 34.3 Å². The summed E-state index contributed by atoms with van der Waals surface area (Å²) in [6, 6.07) is 8.01. The monoisotopic (exact) mass is 583 g/mol. The van der Waals surface area contributed by atoms with Crippen LogP contribution in [0, 0.1) is 11.2 Å². The first-order valence-electron chi connectivity index (χ1n) is 13.0. The third-order valence-electron chi connectivity index (χ3n) is 8.21. The maximum Gasteiger partial charge on any atom is 0.335 e. The summed E-state index contributed by atoms with van der Waals surface area (Å²) in [7, 11) is 0. The highest BCUT2D eigenvalue weighted by atomic mass is 35.5. The van der Waals surface area contributed by atoms with Gasteiger partial charge in [-0.05, 0) is 68.9 Å². The van der Waals surface area contributed by atoms with Crippen molar-refractivity contribution >= 4 is 61.9 Å². The lowest BCUT2D eigenvalue weighted by atomic mass is 9.67. The van der Waals surface area contributed by atoms with Gasteiger partial charge in [-0.1, -0.05) is 51.3 Å².